The molecule has 2 unspecified atom stereocenters. The molecule has 0 aromatic heterocycles. The van der Waals surface area contributed by atoms with Gasteiger partial charge in [-0.05, 0) is 56.2 Å². The number of ether oxygens (including phenoxy) is 2. The average Bonchev–Trinajstić information content (AvgIpc) is 2.98. The Balaban J connectivity index is 1.53. The molecule has 2 saturated carbocycles. The van der Waals surface area contributed by atoms with Crippen molar-refractivity contribution in [1.29, 1.82) is 0 Å². The highest BCUT2D eigenvalue weighted by Crippen LogP contribution is 2.64. The molecule has 1 saturated heterocycles. The lowest BCUT2D eigenvalue weighted by molar-refractivity contribution is -0.190. The Hall–Kier alpha value is -1.59. The number of hydrogen-bond donors (Lipinski definition) is 1. The van der Waals surface area contributed by atoms with Crippen LogP contribution < -0.4 is 9.47 Å². The number of rotatable bonds is 3. The Labute approximate surface area is 159 Å². The molecule has 27 heavy (non-hydrogen) atoms. The van der Waals surface area contributed by atoms with Crippen molar-refractivity contribution in [3.8, 4) is 11.5 Å². The Bertz CT molecular complexity index is 834. The van der Waals surface area contributed by atoms with E-state index in [2.05, 4.69) is 11.0 Å². The predicted octanol–water partition coefficient (Wildman–Crippen LogP) is 2.22. The van der Waals surface area contributed by atoms with Crippen LogP contribution in [0.25, 0.3) is 0 Å². The fourth-order valence-corrected chi connectivity index (χ4v) is 6.79. The van der Waals surface area contributed by atoms with Gasteiger partial charge in [-0.2, -0.15) is 0 Å². The van der Waals surface area contributed by atoms with Crippen molar-refractivity contribution in [3.05, 3.63) is 23.3 Å². The van der Waals surface area contributed by atoms with Gasteiger partial charge in [0.2, 0.25) is 0 Å². The summed E-state index contributed by atoms with van der Waals surface area (Å²) in [4.78, 5) is 15.4. The zero-order valence-electron chi connectivity index (χ0n) is 15.9. The van der Waals surface area contributed by atoms with E-state index < -0.39 is 17.1 Å². The van der Waals surface area contributed by atoms with Crippen molar-refractivity contribution in [2.75, 3.05) is 20.2 Å². The van der Waals surface area contributed by atoms with Gasteiger partial charge >= 0.3 is 0 Å². The summed E-state index contributed by atoms with van der Waals surface area (Å²) >= 11 is 0. The molecule has 3 aliphatic carbocycles. The molecule has 5 heteroatoms. The number of benzene rings is 1. The number of carbonyl (C=O) groups excluding carboxylic acids is 1. The van der Waals surface area contributed by atoms with Crippen LogP contribution in [-0.2, 0) is 16.6 Å². The van der Waals surface area contributed by atoms with Crippen molar-refractivity contribution in [3.63, 3.8) is 0 Å². The molecule has 4 atom stereocenters. The van der Waals surface area contributed by atoms with Crippen LogP contribution in [-0.4, -0.2) is 53.7 Å². The minimum Gasteiger partial charge on any atom is -0.493 e. The largest absolute Gasteiger partial charge is 0.493 e. The van der Waals surface area contributed by atoms with Crippen LogP contribution in [0.3, 0.4) is 0 Å². The van der Waals surface area contributed by atoms with E-state index in [0.29, 0.717) is 24.3 Å². The molecular weight excluding hydrogens is 342 g/mol. The van der Waals surface area contributed by atoms with Gasteiger partial charge in [-0.3, -0.25) is 9.69 Å². The molecule has 0 amide bonds. The third-order valence-corrected chi connectivity index (χ3v) is 8.29. The van der Waals surface area contributed by atoms with Crippen molar-refractivity contribution in [1.82, 2.24) is 4.90 Å². The lowest BCUT2D eigenvalue weighted by Gasteiger charge is -2.63. The van der Waals surface area contributed by atoms with Gasteiger partial charge in [0, 0.05) is 24.6 Å². The maximum Gasteiger partial charge on any atom is 0.174 e. The summed E-state index contributed by atoms with van der Waals surface area (Å²) in [5, 5.41) is 12.2. The molecule has 6 rings (SSSR count). The van der Waals surface area contributed by atoms with Gasteiger partial charge in [-0.15, -0.1) is 0 Å². The van der Waals surface area contributed by atoms with Gasteiger partial charge < -0.3 is 14.6 Å². The summed E-state index contributed by atoms with van der Waals surface area (Å²) in [5.74, 6) is 2.30. The fourth-order valence-electron chi connectivity index (χ4n) is 6.79. The number of methoxy groups -OCH3 is 1. The topological polar surface area (TPSA) is 59.0 Å². The van der Waals surface area contributed by atoms with E-state index in [1.807, 2.05) is 6.07 Å². The second kappa shape index (κ2) is 5.26. The summed E-state index contributed by atoms with van der Waals surface area (Å²) in [6.07, 6.45) is 5.99. The van der Waals surface area contributed by atoms with Gasteiger partial charge in [0.15, 0.2) is 23.4 Å². The van der Waals surface area contributed by atoms with E-state index in [9.17, 15) is 9.90 Å². The smallest absolute Gasteiger partial charge is 0.174 e. The molecule has 0 radical (unpaired) electrons. The van der Waals surface area contributed by atoms with Crippen LogP contribution in [0, 0.1) is 5.92 Å². The van der Waals surface area contributed by atoms with Crippen molar-refractivity contribution in [2.45, 2.75) is 68.1 Å². The monoisotopic (exact) mass is 369 g/mol. The summed E-state index contributed by atoms with van der Waals surface area (Å²) in [5.41, 5.74) is 0.816. The summed E-state index contributed by atoms with van der Waals surface area (Å²) in [6.45, 7) is 2.02. The van der Waals surface area contributed by atoms with Crippen LogP contribution in [0.4, 0.5) is 0 Å². The first-order chi connectivity index (χ1) is 13.1. The molecule has 1 aromatic rings. The highest BCUT2D eigenvalue weighted by molar-refractivity contribution is 5.90. The molecule has 5 aliphatic rings. The van der Waals surface area contributed by atoms with E-state index in [1.54, 1.807) is 7.11 Å². The standard InChI is InChI=1S/C22H27NO4/c1-26-16-6-5-14-11-17-22(25)8-7-15(24)20-21(22,18(14)19(16)27-20)9-10-23(17)12-13-3-2-4-13/h5-6,13,17,20,25H,2-4,7-12H2,1H3/t17-,20?,21+,22?/m1/s1. The van der Waals surface area contributed by atoms with Crippen molar-refractivity contribution in [2.24, 2.45) is 5.92 Å². The SMILES string of the molecule is COc1ccc2c3c1OC1C(=O)CCC4(O)[C@@H](C2)N(CC2CCC2)CC[C@]314. The van der Waals surface area contributed by atoms with Crippen LogP contribution in [0.15, 0.2) is 12.1 Å². The highest BCUT2D eigenvalue weighted by Gasteiger charge is 2.73. The third-order valence-electron chi connectivity index (χ3n) is 8.29. The molecule has 3 fully saturated rings. The van der Waals surface area contributed by atoms with Crippen LogP contribution in [0.2, 0.25) is 0 Å². The molecule has 144 valence electrons. The molecule has 2 bridgehead atoms. The van der Waals surface area contributed by atoms with E-state index in [0.717, 1.165) is 37.4 Å². The second-order valence-electron chi connectivity index (χ2n) is 9.25. The van der Waals surface area contributed by atoms with E-state index in [4.69, 9.17) is 9.47 Å². The first kappa shape index (κ1) is 16.4. The first-order valence-corrected chi connectivity index (χ1v) is 10.4. The zero-order chi connectivity index (χ0) is 18.4. The van der Waals surface area contributed by atoms with Crippen LogP contribution in [0.1, 0.15) is 49.7 Å². The van der Waals surface area contributed by atoms with Gasteiger partial charge in [-0.25, -0.2) is 0 Å². The number of carbonyl (C=O) groups is 1. The number of hydrogen-bond acceptors (Lipinski definition) is 5. The Morgan fingerprint density at radius 1 is 1.33 bits per heavy atom. The van der Waals surface area contributed by atoms with Gasteiger partial charge in [0.25, 0.3) is 0 Å². The van der Waals surface area contributed by atoms with E-state index in [1.165, 1.54) is 24.8 Å². The number of ketones is 1. The molecule has 1 N–H and O–H groups in total. The maximum atomic E-state index is 12.9. The van der Waals surface area contributed by atoms with E-state index >= 15 is 0 Å². The number of nitrogens with zero attached hydrogens (tertiary/aromatic N) is 1. The Kier molecular flexibility index (Phi) is 3.19. The van der Waals surface area contributed by atoms with Crippen molar-refractivity contribution < 1.29 is 19.4 Å². The Morgan fingerprint density at radius 2 is 2.19 bits per heavy atom. The number of likely N-dealkylation sites (tertiary alicyclic amines) is 1. The number of Topliss-reactive ketones (excluding diaryl/α,β-unsaturated/α-hetero) is 1. The molecule has 2 aliphatic heterocycles. The normalized spacial score (nSPS) is 39.6. The zero-order valence-corrected chi connectivity index (χ0v) is 15.9. The number of piperidine rings is 1. The van der Waals surface area contributed by atoms with Crippen molar-refractivity contribution >= 4 is 5.78 Å². The van der Waals surface area contributed by atoms with Gasteiger partial charge in [0.1, 0.15) is 0 Å². The molecular formula is C22H27NO4. The maximum absolute atomic E-state index is 12.9. The van der Waals surface area contributed by atoms with Crippen LogP contribution >= 0.6 is 0 Å². The quantitative estimate of drug-likeness (QED) is 0.885. The predicted molar refractivity (Wildman–Crippen MR) is 99.3 cm³/mol. The molecule has 1 aromatic carbocycles. The summed E-state index contributed by atoms with van der Waals surface area (Å²) in [7, 11) is 1.64. The third kappa shape index (κ3) is 1.81. The highest BCUT2D eigenvalue weighted by atomic mass is 16.5. The summed E-state index contributed by atoms with van der Waals surface area (Å²) in [6, 6.07) is 4.17. The minimum atomic E-state index is -0.891. The minimum absolute atomic E-state index is 0.0814. The lowest BCUT2D eigenvalue weighted by atomic mass is 9.49. The molecule has 2 heterocycles. The van der Waals surface area contributed by atoms with Crippen LogP contribution in [0.5, 0.6) is 11.5 Å². The average molecular weight is 369 g/mol. The van der Waals surface area contributed by atoms with Gasteiger partial charge in [-0.1, -0.05) is 12.5 Å². The lowest BCUT2D eigenvalue weighted by Crippen LogP contribution is -2.76. The molecule has 1 spiro atoms. The molecule has 5 nitrogen and oxygen atoms in total. The van der Waals surface area contributed by atoms with E-state index in [-0.39, 0.29) is 11.8 Å². The summed E-state index contributed by atoms with van der Waals surface area (Å²) < 4.78 is 11.8. The fraction of sp³-hybridized carbons (Fsp3) is 0.682. The number of aliphatic hydroxyl groups is 1. The Morgan fingerprint density at radius 3 is 2.93 bits per heavy atom. The van der Waals surface area contributed by atoms with Gasteiger partial charge in [0.05, 0.1) is 18.1 Å². The first-order valence-electron chi connectivity index (χ1n) is 10.4. The second-order valence-corrected chi connectivity index (χ2v) is 9.25.